The molecule has 0 saturated heterocycles. The van der Waals surface area contributed by atoms with Gasteiger partial charge in [-0.3, -0.25) is 4.79 Å². The molecule has 0 spiro atoms. The first-order valence-electron chi connectivity index (χ1n) is 10.7. The fourth-order valence-corrected chi connectivity index (χ4v) is 4.38. The Kier molecular flexibility index (Phi) is 5.91. The van der Waals surface area contributed by atoms with E-state index >= 15 is 0 Å². The van der Waals surface area contributed by atoms with E-state index in [1.165, 1.54) is 15.8 Å². The zero-order valence-electron chi connectivity index (χ0n) is 19.3. The number of hydrogen-bond acceptors (Lipinski definition) is 3. The molecular formula is C26H27BrN4O. The van der Waals surface area contributed by atoms with Gasteiger partial charge in [-0.15, -0.1) is 0 Å². The van der Waals surface area contributed by atoms with Crippen LogP contribution in [0.15, 0.2) is 56.8 Å². The molecule has 4 aromatic rings. The average Bonchev–Trinajstić information content (AvgIpc) is 3.02. The minimum atomic E-state index is -0.167. The molecule has 0 fully saturated rings. The summed E-state index contributed by atoms with van der Waals surface area (Å²) in [5.74, 6) is 0.694. The van der Waals surface area contributed by atoms with E-state index in [2.05, 4.69) is 77.6 Å². The average molecular weight is 491 g/mol. The Morgan fingerprint density at radius 2 is 1.78 bits per heavy atom. The van der Waals surface area contributed by atoms with Gasteiger partial charge in [-0.2, -0.15) is 9.78 Å². The number of aryl methyl sites for hydroxylation is 3. The third-order valence-corrected chi connectivity index (χ3v) is 6.23. The van der Waals surface area contributed by atoms with Crippen LogP contribution in [-0.2, 0) is 0 Å². The van der Waals surface area contributed by atoms with E-state index in [0.717, 1.165) is 27.1 Å². The quantitative estimate of drug-likeness (QED) is 0.320. The molecule has 32 heavy (non-hydrogen) atoms. The van der Waals surface area contributed by atoms with Crippen LogP contribution in [0.25, 0.3) is 16.6 Å². The molecule has 0 aliphatic carbocycles. The molecule has 0 amide bonds. The maximum atomic E-state index is 13.3. The molecule has 5 nitrogen and oxygen atoms in total. The van der Waals surface area contributed by atoms with Gasteiger partial charge in [0.05, 0.1) is 17.1 Å². The third kappa shape index (κ3) is 3.95. The molecule has 2 heterocycles. The molecule has 0 unspecified atom stereocenters. The van der Waals surface area contributed by atoms with E-state index in [1.807, 2.05) is 26.0 Å². The lowest BCUT2D eigenvalue weighted by molar-refractivity contribution is 0.665. The number of rotatable bonds is 4. The Morgan fingerprint density at radius 1 is 1.03 bits per heavy atom. The van der Waals surface area contributed by atoms with Gasteiger partial charge in [0.25, 0.3) is 5.56 Å². The number of hydrogen-bond donors (Lipinski definition) is 0. The van der Waals surface area contributed by atoms with Crippen LogP contribution in [-0.4, -0.2) is 20.4 Å². The molecule has 0 radical (unpaired) electrons. The zero-order chi connectivity index (χ0) is 23.2. The molecule has 0 atom stereocenters. The van der Waals surface area contributed by atoms with E-state index in [9.17, 15) is 4.79 Å². The van der Waals surface area contributed by atoms with Crippen LogP contribution in [0.5, 0.6) is 0 Å². The summed E-state index contributed by atoms with van der Waals surface area (Å²) in [6, 6.07) is 14.1. The Morgan fingerprint density at radius 3 is 2.50 bits per heavy atom. The number of fused-ring (bicyclic) bond motifs is 1. The molecule has 0 saturated carbocycles. The molecule has 2 aromatic carbocycles. The first kappa shape index (κ1) is 22.2. The van der Waals surface area contributed by atoms with Crippen molar-refractivity contribution in [1.29, 1.82) is 0 Å². The van der Waals surface area contributed by atoms with Gasteiger partial charge in [-0.1, -0.05) is 41.9 Å². The van der Waals surface area contributed by atoms with Crippen LogP contribution >= 0.6 is 15.9 Å². The molecule has 6 heteroatoms. The largest absolute Gasteiger partial charge is 0.318 e. The van der Waals surface area contributed by atoms with E-state index in [0.29, 0.717) is 16.7 Å². The number of halogens is 1. The summed E-state index contributed by atoms with van der Waals surface area (Å²) in [4.78, 5) is 18.0. The van der Waals surface area contributed by atoms with Crippen LogP contribution in [0.4, 0.5) is 0 Å². The topological polar surface area (TPSA) is 52.2 Å². The van der Waals surface area contributed by atoms with Gasteiger partial charge in [0.1, 0.15) is 5.82 Å². The maximum Gasteiger partial charge on any atom is 0.282 e. The number of nitrogens with zero attached hydrogens (tertiary/aromatic N) is 4. The zero-order valence-corrected chi connectivity index (χ0v) is 20.9. The highest BCUT2D eigenvalue weighted by Gasteiger charge is 2.15. The van der Waals surface area contributed by atoms with Gasteiger partial charge in [-0.25, -0.2) is 4.98 Å². The maximum absolute atomic E-state index is 13.3. The van der Waals surface area contributed by atoms with Crippen molar-refractivity contribution in [2.75, 3.05) is 0 Å². The van der Waals surface area contributed by atoms with Gasteiger partial charge in [-0.05, 0) is 69.2 Å². The van der Waals surface area contributed by atoms with Crippen molar-refractivity contribution in [2.24, 2.45) is 5.10 Å². The van der Waals surface area contributed by atoms with Crippen molar-refractivity contribution < 1.29 is 0 Å². The lowest BCUT2D eigenvalue weighted by Gasteiger charge is -2.14. The second kappa shape index (κ2) is 8.51. The normalized spacial score (nSPS) is 11.9. The van der Waals surface area contributed by atoms with E-state index in [4.69, 9.17) is 4.98 Å². The van der Waals surface area contributed by atoms with Crippen molar-refractivity contribution in [3.63, 3.8) is 0 Å². The first-order chi connectivity index (χ1) is 15.2. The fraction of sp³-hybridized carbons (Fsp3) is 0.269. The highest BCUT2D eigenvalue weighted by Crippen LogP contribution is 2.24. The van der Waals surface area contributed by atoms with Gasteiger partial charge in [0.2, 0.25) is 0 Å². The van der Waals surface area contributed by atoms with E-state index < -0.39 is 0 Å². The SMILES string of the molecule is Cc1ccc(C)c(-n2c(C)cc(C=Nn3c(C(C)C)nc4ccc(Br)cc4c3=O)c2C)c1. The number of benzene rings is 2. The molecule has 2 aromatic heterocycles. The van der Waals surface area contributed by atoms with Crippen LogP contribution in [0, 0.1) is 27.7 Å². The standard InChI is InChI=1S/C26H27BrN4O/c1-15(2)25-29-23-10-9-21(27)13-22(23)26(32)31(25)28-14-20-12-18(5)30(19(20)6)24-11-16(3)7-8-17(24)4/h7-15H,1-6H3. The van der Waals surface area contributed by atoms with Crippen molar-refractivity contribution in [3.05, 3.63) is 91.2 Å². The van der Waals surface area contributed by atoms with Crippen molar-refractivity contribution in [3.8, 4) is 5.69 Å². The fourth-order valence-electron chi connectivity index (χ4n) is 4.02. The predicted octanol–water partition coefficient (Wildman–Crippen LogP) is 6.19. The van der Waals surface area contributed by atoms with Crippen LogP contribution in [0.2, 0.25) is 0 Å². The lowest BCUT2D eigenvalue weighted by atomic mass is 10.1. The van der Waals surface area contributed by atoms with Crippen LogP contribution in [0.3, 0.4) is 0 Å². The first-order valence-corrected chi connectivity index (χ1v) is 11.5. The number of aromatic nitrogens is 3. The second-order valence-corrected chi connectivity index (χ2v) is 9.52. The molecular weight excluding hydrogens is 464 g/mol. The molecule has 0 N–H and O–H groups in total. The van der Waals surface area contributed by atoms with Crippen LogP contribution in [0.1, 0.15) is 53.7 Å². The minimum Gasteiger partial charge on any atom is -0.318 e. The van der Waals surface area contributed by atoms with Gasteiger partial charge in [0, 0.05) is 33.0 Å². The monoisotopic (exact) mass is 490 g/mol. The van der Waals surface area contributed by atoms with Crippen molar-refractivity contribution >= 4 is 33.0 Å². The summed E-state index contributed by atoms with van der Waals surface area (Å²) in [6.07, 6.45) is 1.77. The highest BCUT2D eigenvalue weighted by atomic mass is 79.9. The smallest absolute Gasteiger partial charge is 0.282 e. The van der Waals surface area contributed by atoms with Crippen molar-refractivity contribution in [2.45, 2.75) is 47.5 Å². The van der Waals surface area contributed by atoms with E-state index in [-0.39, 0.29) is 11.5 Å². The summed E-state index contributed by atoms with van der Waals surface area (Å²) in [5, 5.41) is 5.16. The van der Waals surface area contributed by atoms with Gasteiger partial charge < -0.3 is 4.57 Å². The van der Waals surface area contributed by atoms with Gasteiger partial charge >= 0.3 is 0 Å². The third-order valence-electron chi connectivity index (χ3n) is 5.74. The second-order valence-electron chi connectivity index (χ2n) is 8.60. The van der Waals surface area contributed by atoms with Crippen LogP contribution < -0.4 is 5.56 Å². The molecule has 0 aliphatic heterocycles. The Hall–Kier alpha value is -2.99. The summed E-state index contributed by atoms with van der Waals surface area (Å²) in [6.45, 7) is 12.4. The summed E-state index contributed by atoms with van der Waals surface area (Å²) < 4.78 is 4.52. The Balaban J connectivity index is 1.85. The molecule has 0 aliphatic rings. The summed E-state index contributed by atoms with van der Waals surface area (Å²) in [5.41, 5.74) is 7.28. The predicted molar refractivity (Wildman–Crippen MR) is 136 cm³/mol. The minimum absolute atomic E-state index is 0.0512. The molecule has 164 valence electrons. The lowest BCUT2D eigenvalue weighted by Crippen LogP contribution is -2.23. The van der Waals surface area contributed by atoms with Crippen molar-refractivity contribution in [1.82, 2.24) is 14.2 Å². The van der Waals surface area contributed by atoms with E-state index in [1.54, 1.807) is 12.3 Å². The Bertz CT molecular complexity index is 1430. The summed E-state index contributed by atoms with van der Waals surface area (Å²) >= 11 is 3.45. The Labute approximate surface area is 196 Å². The molecule has 4 rings (SSSR count). The van der Waals surface area contributed by atoms with Gasteiger partial charge in [0.15, 0.2) is 0 Å². The summed E-state index contributed by atoms with van der Waals surface area (Å²) in [7, 11) is 0. The highest BCUT2D eigenvalue weighted by molar-refractivity contribution is 9.10. The molecule has 0 bridgehead atoms.